The van der Waals surface area contributed by atoms with Gasteiger partial charge in [-0.1, -0.05) is 6.42 Å². The molecule has 0 spiro atoms. The summed E-state index contributed by atoms with van der Waals surface area (Å²) in [6.07, 6.45) is 6.76. The lowest BCUT2D eigenvalue weighted by molar-refractivity contribution is 0.558. The summed E-state index contributed by atoms with van der Waals surface area (Å²) in [5.41, 5.74) is 0. The summed E-state index contributed by atoms with van der Waals surface area (Å²) in [5, 5.41) is -0.0933. The minimum Gasteiger partial charge on any atom is -0.229 e. The van der Waals surface area contributed by atoms with E-state index in [-0.39, 0.29) is 16.3 Å². The molecule has 0 N–H and O–H groups in total. The summed E-state index contributed by atoms with van der Waals surface area (Å²) in [5.74, 6) is 2.28. The van der Waals surface area contributed by atoms with Crippen LogP contribution in [0.2, 0.25) is 0 Å². The summed E-state index contributed by atoms with van der Waals surface area (Å²) in [7, 11) is -0.254. The maximum Gasteiger partial charge on any atom is 0.236 e. The van der Waals surface area contributed by atoms with Crippen molar-refractivity contribution in [1.29, 1.82) is 0 Å². The molecule has 0 aromatic rings. The molecule has 0 amide bonds. The molecule has 1 unspecified atom stereocenters. The monoisotopic (exact) mass is 214 g/mol. The van der Waals surface area contributed by atoms with Crippen LogP contribution in [0.3, 0.4) is 0 Å². The number of thiol groups is 1. The Labute approximate surface area is 85.9 Å². The molecule has 1 saturated heterocycles. The van der Waals surface area contributed by atoms with Gasteiger partial charge in [-0.2, -0.15) is 4.99 Å². The number of aliphatic imine (C=N–C) groups is 2. The molecule has 0 aromatic heterocycles. The lowest BCUT2D eigenvalue weighted by atomic mass is 10.3. The van der Waals surface area contributed by atoms with Gasteiger partial charge in [-0.3, -0.25) is 0 Å². The molecule has 1 heterocycles. The largest absolute Gasteiger partial charge is 0.236 e. The van der Waals surface area contributed by atoms with Gasteiger partial charge in [-0.15, -0.1) is 0 Å². The number of rotatable bonds is 4. The summed E-state index contributed by atoms with van der Waals surface area (Å²) in [6, 6.07) is 0. The number of nitrogens with zero attached hydrogens (tertiary/aromatic N) is 2. The number of hydrogen-bond acceptors (Lipinski definition) is 4. The van der Waals surface area contributed by atoms with Crippen molar-refractivity contribution in [2.24, 2.45) is 9.98 Å². The molecule has 1 aliphatic rings. The standard InChI is InChI=1S/C9H14N2O2S/c12-7-10-6-9(11-8-13)14-4-2-1-3-5-14/h9,14H,1-6H2. The van der Waals surface area contributed by atoms with Gasteiger partial charge in [0.25, 0.3) is 0 Å². The Bertz CT molecular complexity index is 264. The SMILES string of the molecule is O=C=NCC(N=C=O)[SH]1CCCCC1. The highest BCUT2D eigenvalue weighted by Gasteiger charge is 2.19. The van der Waals surface area contributed by atoms with Crippen LogP contribution in [0, 0.1) is 0 Å². The maximum absolute atomic E-state index is 10.2. The van der Waals surface area contributed by atoms with E-state index in [1.54, 1.807) is 6.08 Å². The summed E-state index contributed by atoms with van der Waals surface area (Å²) < 4.78 is 0. The van der Waals surface area contributed by atoms with Crippen molar-refractivity contribution in [2.75, 3.05) is 18.1 Å². The molecule has 1 aliphatic heterocycles. The van der Waals surface area contributed by atoms with Crippen LogP contribution in [0.4, 0.5) is 0 Å². The Balaban J connectivity index is 2.54. The first-order chi connectivity index (χ1) is 6.88. The van der Waals surface area contributed by atoms with Crippen LogP contribution in [0.5, 0.6) is 0 Å². The minimum atomic E-state index is -0.254. The lowest BCUT2D eigenvalue weighted by Gasteiger charge is -2.29. The first kappa shape index (κ1) is 11.2. The van der Waals surface area contributed by atoms with Crippen molar-refractivity contribution in [3.05, 3.63) is 0 Å². The van der Waals surface area contributed by atoms with E-state index in [1.807, 2.05) is 0 Å². The Morgan fingerprint density at radius 3 is 2.43 bits per heavy atom. The highest BCUT2D eigenvalue weighted by Crippen LogP contribution is 2.38. The Kier molecular flexibility index (Phi) is 5.23. The van der Waals surface area contributed by atoms with E-state index < -0.39 is 0 Å². The Morgan fingerprint density at radius 1 is 1.14 bits per heavy atom. The molecule has 1 atom stereocenters. The molecule has 0 bridgehead atoms. The van der Waals surface area contributed by atoms with Crippen molar-refractivity contribution >= 4 is 23.1 Å². The van der Waals surface area contributed by atoms with Gasteiger partial charge in [0.2, 0.25) is 12.2 Å². The molecule has 0 aromatic carbocycles. The third-order valence-electron chi connectivity index (χ3n) is 2.33. The summed E-state index contributed by atoms with van der Waals surface area (Å²) in [6.45, 7) is 0.310. The molecule has 0 saturated carbocycles. The maximum atomic E-state index is 10.2. The van der Waals surface area contributed by atoms with Crippen molar-refractivity contribution in [1.82, 2.24) is 0 Å². The smallest absolute Gasteiger partial charge is 0.229 e. The second-order valence-electron chi connectivity index (χ2n) is 3.23. The molecule has 0 aliphatic carbocycles. The van der Waals surface area contributed by atoms with Gasteiger partial charge in [-0.25, -0.2) is 25.5 Å². The second kappa shape index (κ2) is 6.55. The van der Waals surface area contributed by atoms with Crippen LogP contribution in [0.1, 0.15) is 19.3 Å². The minimum absolute atomic E-state index is 0.0933. The zero-order chi connectivity index (χ0) is 10.2. The summed E-state index contributed by atoms with van der Waals surface area (Å²) >= 11 is 0. The quantitative estimate of drug-likeness (QED) is 0.434. The topological polar surface area (TPSA) is 58.9 Å². The van der Waals surface area contributed by atoms with Crippen LogP contribution in [-0.2, 0) is 9.59 Å². The van der Waals surface area contributed by atoms with Gasteiger partial charge < -0.3 is 0 Å². The van der Waals surface area contributed by atoms with Gasteiger partial charge >= 0.3 is 0 Å². The third-order valence-corrected chi connectivity index (χ3v) is 5.24. The first-order valence-corrected chi connectivity index (χ1v) is 6.51. The molecule has 5 heteroatoms. The molecule has 0 radical (unpaired) electrons. The van der Waals surface area contributed by atoms with Crippen LogP contribution in [0.15, 0.2) is 9.98 Å². The van der Waals surface area contributed by atoms with Gasteiger partial charge in [-0.05, 0) is 24.3 Å². The molecule has 14 heavy (non-hydrogen) atoms. The van der Waals surface area contributed by atoms with E-state index in [0.29, 0.717) is 6.54 Å². The number of carbonyl (C=O) groups excluding carboxylic acids is 2. The van der Waals surface area contributed by atoms with Crippen LogP contribution >= 0.6 is 10.9 Å². The predicted octanol–water partition coefficient (Wildman–Crippen LogP) is 1.17. The highest BCUT2D eigenvalue weighted by atomic mass is 32.2. The van der Waals surface area contributed by atoms with E-state index in [4.69, 9.17) is 0 Å². The van der Waals surface area contributed by atoms with Gasteiger partial charge in [0, 0.05) is 0 Å². The van der Waals surface area contributed by atoms with E-state index >= 15 is 0 Å². The van der Waals surface area contributed by atoms with E-state index in [0.717, 1.165) is 11.5 Å². The molecule has 4 nitrogen and oxygen atoms in total. The molecular formula is C9H14N2O2S. The summed E-state index contributed by atoms with van der Waals surface area (Å²) in [4.78, 5) is 27.4. The second-order valence-corrected chi connectivity index (χ2v) is 5.90. The van der Waals surface area contributed by atoms with Gasteiger partial charge in [0.1, 0.15) is 5.37 Å². The number of isocyanates is 2. The third kappa shape index (κ3) is 3.46. The average molecular weight is 214 g/mol. The van der Waals surface area contributed by atoms with E-state index in [2.05, 4.69) is 9.98 Å². The molecule has 78 valence electrons. The van der Waals surface area contributed by atoms with Crippen LogP contribution in [-0.4, -0.2) is 35.6 Å². The fourth-order valence-electron chi connectivity index (χ4n) is 1.63. The molecule has 1 rings (SSSR count). The van der Waals surface area contributed by atoms with Crippen molar-refractivity contribution in [3.8, 4) is 0 Å². The van der Waals surface area contributed by atoms with Crippen molar-refractivity contribution in [3.63, 3.8) is 0 Å². The Hall–Kier alpha value is -0.890. The zero-order valence-corrected chi connectivity index (χ0v) is 8.87. The normalized spacial score (nSPS) is 20.4. The zero-order valence-electron chi connectivity index (χ0n) is 7.98. The first-order valence-electron chi connectivity index (χ1n) is 4.73. The van der Waals surface area contributed by atoms with Crippen LogP contribution < -0.4 is 0 Å². The van der Waals surface area contributed by atoms with E-state index in [9.17, 15) is 9.59 Å². The van der Waals surface area contributed by atoms with Crippen LogP contribution in [0.25, 0.3) is 0 Å². The molecular weight excluding hydrogens is 200 g/mol. The fourth-order valence-corrected chi connectivity index (χ4v) is 4.24. The average Bonchev–Trinajstić information content (AvgIpc) is 2.25. The van der Waals surface area contributed by atoms with Crippen molar-refractivity contribution < 1.29 is 9.59 Å². The fraction of sp³-hybridized carbons (Fsp3) is 0.778. The lowest BCUT2D eigenvalue weighted by Crippen LogP contribution is -2.17. The predicted molar refractivity (Wildman–Crippen MR) is 57.5 cm³/mol. The van der Waals surface area contributed by atoms with Gasteiger partial charge in [0.15, 0.2) is 0 Å². The van der Waals surface area contributed by atoms with Gasteiger partial charge in [0.05, 0.1) is 6.54 Å². The highest BCUT2D eigenvalue weighted by molar-refractivity contribution is 8.17. The number of hydrogen-bond donors (Lipinski definition) is 1. The van der Waals surface area contributed by atoms with E-state index in [1.165, 1.54) is 25.3 Å². The molecule has 1 fully saturated rings. The Morgan fingerprint density at radius 2 is 1.86 bits per heavy atom. The van der Waals surface area contributed by atoms with Crippen molar-refractivity contribution in [2.45, 2.75) is 24.6 Å².